The number of hydrogen-bond donors (Lipinski definition) is 2. The minimum Gasteiger partial charge on any atom is -0.330 e. The number of carbonyl (C=O) groups excluding carboxylic acids is 1. The van der Waals surface area contributed by atoms with Gasteiger partial charge in [-0.25, -0.2) is 8.78 Å². The second-order valence-electron chi connectivity index (χ2n) is 5.74. The summed E-state index contributed by atoms with van der Waals surface area (Å²) < 4.78 is 27.4. The second-order valence-corrected chi connectivity index (χ2v) is 8.30. The topological polar surface area (TPSA) is 66.9 Å². The van der Waals surface area contributed by atoms with Crippen LogP contribution in [0.15, 0.2) is 46.8 Å². The lowest BCUT2D eigenvalue weighted by Crippen LogP contribution is -2.23. The molecule has 0 aliphatic rings. The molecule has 3 rings (SSSR count). The molecular formula is C18H16F2N4OS2. The second kappa shape index (κ2) is 8.45. The van der Waals surface area contributed by atoms with E-state index in [1.54, 1.807) is 6.92 Å². The molecule has 3 aromatic rings. The Labute approximate surface area is 163 Å². The lowest BCUT2D eigenvalue weighted by Gasteiger charge is -2.11. The van der Waals surface area contributed by atoms with Gasteiger partial charge >= 0.3 is 0 Å². The summed E-state index contributed by atoms with van der Waals surface area (Å²) in [5.41, 5.74) is 1.86. The highest BCUT2D eigenvalue weighted by Gasteiger charge is 2.19. The van der Waals surface area contributed by atoms with Gasteiger partial charge in [-0.1, -0.05) is 40.8 Å². The Morgan fingerprint density at radius 2 is 1.89 bits per heavy atom. The molecule has 0 aliphatic carbocycles. The Bertz CT molecular complexity index is 947. The minimum absolute atomic E-state index is 0.188. The van der Waals surface area contributed by atoms with Crippen LogP contribution in [-0.4, -0.2) is 21.4 Å². The molecular weight excluding hydrogens is 390 g/mol. The Balaban J connectivity index is 1.59. The van der Waals surface area contributed by atoms with E-state index in [1.807, 2.05) is 31.2 Å². The molecule has 1 aromatic heterocycles. The number of aryl methyl sites for hydroxylation is 1. The fourth-order valence-corrected chi connectivity index (χ4v) is 4.02. The molecule has 1 atom stereocenters. The van der Waals surface area contributed by atoms with Gasteiger partial charge in [-0.3, -0.25) is 4.79 Å². The molecule has 5 nitrogen and oxygen atoms in total. The maximum Gasteiger partial charge on any atom is 0.237 e. The molecule has 0 saturated heterocycles. The first-order valence-electron chi connectivity index (χ1n) is 8.00. The van der Waals surface area contributed by atoms with Crippen LogP contribution in [0.4, 0.5) is 25.3 Å². The number of rotatable bonds is 6. The number of nitrogens with one attached hydrogen (secondary N) is 2. The van der Waals surface area contributed by atoms with Crippen LogP contribution in [0.5, 0.6) is 0 Å². The van der Waals surface area contributed by atoms with E-state index in [-0.39, 0.29) is 5.69 Å². The van der Waals surface area contributed by atoms with E-state index in [4.69, 9.17) is 0 Å². The Kier molecular flexibility index (Phi) is 6.02. The number of nitrogens with zero attached hydrogens (tertiary/aromatic N) is 2. The zero-order valence-corrected chi connectivity index (χ0v) is 16.1. The van der Waals surface area contributed by atoms with Crippen molar-refractivity contribution >= 4 is 45.5 Å². The van der Waals surface area contributed by atoms with Crippen molar-refractivity contribution in [1.82, 2.24) is 10.2 Å². The van der Waals surface area contributed by atoms with Crippen molar-refractivity contribution in [3.8, 4) is 0 Å². The summed E-state index contributed by atoms with van der Waals surface area (Å²) in [4.78, 5) is 12.2. The third-order valence-corrected chi connectivity index (χ3v) is 5.57. The van der Waals surface area contributed by atoms with E-state index >= 15 is 0 Å². The number of carbonyl (C=O) groups is 1. The average molecular weight is 406 g/mol. The van der Waals surface area contributed by atoms with E-state index in [0.717, 1.165) is 29.4 Å². The Hall–Kier alpha value is -2.52. The first-order chi connectivity index (χ1) is 12.9. The van der Waals surface area contributed by atoms with Crippen LogP contribution in [0.2, 0.25) is 0 Å². The van der Waals surface area contributed by atoms with E-state index in [9.17, 15) is 13.6 Å². The van der Waals surface area contributed by atoms with Gasteiger partial charge in [0.1, 0.15) is 11.6 Å². The number of anilines is 3. The lowest BCUT2D eigenvalue weighted by molar-refractivity contribution is -0.115. The summed E-state index contributed by atoms with van der Waals surface area (Å²) in [6.07, 6.45) is 0. The van der Waals surface area contributed by atoms with Gasteiger partial charge in [0.2, 0.25) is 11.0 Å². The van der Waals surface area contributed by atoms with Gasteiger partial charge < -0.3 is 10.6 Å². The van der Waals surface area contributed by atoms with Gasteiger partial charge in [0.05, 0.1) is 10.9 Å². The molecule has 1 unspecified atom stereocenters. The molecule has 27 heavy (non-hydrogen) atoms. The van der Waals surface area contributed by atoms with Crippen molar-refractivity contribution in [2.24, 2.45) is 0 Å². The smallest absolute Gasteiger partial charge is 0.237 e. The molecule has 0 radical (unpaired) electrons. The molecule has 2 N–H and O–H groups in total. The molecule has 2 aromatic carbocycles. The van der Waals surface area contributed by atoms with Gasteiger partial charge in [-0.2, -0.15) is 0 Å². The molecule has 9 heteroatoms. The predicted molar refractivity (Wildman–Crippen MR) is 105 cm³/mol. The Morgan fingerprint density at radius 1 is 1.15 bits per heavy atom. The first kappa shape index (κ1) is 19.2. The zero-order chi connectivity index (χ0) is 19.4. The highest BCUT2D eigenvalue weighted by atomic mass is 32.2. The molecule has 0 bridgehead atoms. The van der Waals surface area contributed by atoms with Crippen LogP contribution in [0.25, 0.3) is 0 Å². The van der Waals surface area contributed by atoms with Crippen molar-refractivity contribution < 1.29 is 13.6 Å². The summed E-state index contributed by atoms with van der Waals surface area (Å²) in [6.45, 7) is 3.66. The maximum atomic E-state index is 13.6. The summed E-state index contributed by atoms with van der Waals surface area (Å²) in [5, 5.41) is 13.7. The quantitative estimate of drug-likeness (QED) is 0.565. The first-order valence-corrected chi connectivity index (χ1v) is 9.70. The van der Waals surface area contributed by atoms with Crippen LogP contribution >= 0.6 is 23.1 Å². The molecule has 1 amide bonds. The molecule has 140 valence electrons. The van der Waals surface area contributed by atoms with Crippen LogP contribution in [-0.2, 0) is 4.79 Å². The average Bonchev–Trinajstić information content (AvgIpc) is 3.07. The van der Waals surface area contributed by atoms with Crippen LogP contribution in [0, 0.1) is 18.6 Å². The van der Waals surface area contributed by atoms with Crippen molar-refractivity contribution in [3.63, 3.8) is 0 Å². The number of benzene rings is 2. The van der Waals surface area contributed by atoms with Crippen LogP contribution < -0.4 is 10.6 Å². The number of hydrogen-bond acceptors (Lipinski definition) is 6. The monoisotopic (exact) mass is 406 g/mol. The van der Waals surface area contributed by atoms with Gasteiger partial charge in [0.25, 0.3) is 0 Å². The number of aromatic nitrogens is 2. The maximum absolute atomic E-state index is 13.6. The summed E-state index contributed by atoms with van der Waals surface area (Å²) in [5.74, 6) is -1.77. The fourth-order valence-electron chi connectivity index (χ4n) is 2.10. The lowest BCUT2D eigenvalue weighted by atomic mass is 10.2. The van der Waals surface area contributed by atoms with Gasteiger partial charge in [0, 0.05) is 11.8 Å². The third kappa shape index (κ3) is 5.24. The van der Waals surface area contributed by atoms with Crippen molar-refractivity contribution in [1.29, 1.82) is 0 Å². The molecule has 0 aliphatic heterocycles. The molecule has 0 saturated carbocycles. The number of thioether (sulfide) groups is 1. The van der Waals surface area contributed by atoms with Gasteiger partial charge in [0.15, 0.2) is 4.34 Å². The van der Waals surface area contributed by atoms with Gasteiger partial charge in [-0.15, -0.1) is 10.2 Å². The largest absolute Gasteiger partial charge is 0.330 e. The normalized spacial score (nSPS) is 11.9. The summed E-state index contributed by atoms with van der Waals surface area (Å²) >= 11 is 2.50. The van der Waals surface area contributed by atoms with Gasteiger partial charge in [-0.05, 0) is 38.1 Å². The van der Waals surface area contributed by atoms with Crippen molar-refractivity contribution in [3.05, 3.63) is 59.7 Å². The predicted octanol–water partition coefficient (Wildman–Crippen LogP) is 4.99. The molecule has 0 fully saturated rings. The fraction of sp³-hybridized carbons (Fsp3) is 0.167. The van der Waals surface area contributed by atoms with E-state index in [2.05, 4.69) is 20.8 Å². The standard InChI is InChI=1S/C18H16F2N4OS2/c1-10-3-6-13(7-4-10)21-17-23-24-18(27-17)26-11(2)16(25)22-15-9-12(19)5-8-14(15)20/h3-9,11H,1-2H3,(H,21,23)(H,22,25). The van der Waals surface area contributed by atoms with E-state index in [1.165, 1.54) is 23.1 Å². The summed E-state index contributed by atoms with van der Waals surface area (Å²) in [7, 11) is 0. The SMILES string of the molecule is Cc1ccc(Nc2nnc(SC(C)C(=O)Nc3cc(F)ccc3F)s2)cc1. The van der Waals surface area contributed by atoms with Crippen molar-refractivity contribution in [2.45, 2.75) is 23.4 Å². The highest BCUT2D eigenvalue weighted by Crippen LogP contribution is 2.31. The summed E-state index contributed by atoms with van der Waals surface area (Å²) in [6, 6.07) is 10.7. The molecule has 1 heterocycles. The highest BCUT2D eigenvalue weighted by molar-refractivity contribution is 8.02. The molecule has 0 spiro atoms. The van der Waals surface area contributed by atoms with Crippen molar-refractivity contribution in [2.75, 3.05) is 10.6 Å². The van der Waals surface area contributed by atoms with E-state index in [0.29, 0.717) is 9.47 Å². The van der Waals surface area contributed by atoms with Crippen LogP contribution in [0.3, 0.4) is 0 Å². The third-order valence-electron chi connectivity index (χ3n) is 3.54. The number of amides is 1. The number of halogens is 2. The van der Waals surface area contributed by atoms with Crippen LogP contribution in [0.1, 0.15) is 12.5 Å². The van der Waals surface area contributed by atoms with E-state index < -0.39 is 22.8 Å². The minimum atomic E-state index is -0.692. The zero-order valence-electron chi connectivity index (χ0n) is 14.5. The Morgan fingerprint density at radius 3 is 2.63 bits per heavy atom.